The maximum absolute atomic E-state index is 14.0. The molecule has 1 aliphatic rings. The quantitative estimate of drug-likeness (QED) is 0.0385. The highest BCUT2D eigenvalue weighted by Gasteiger charge is 2.34. The van der Waals surface area contributed by atoms with Crippen LogP contribution in [0.2, 0.25) is 0 Å². The third-order valence-corrected chi connectivity index (χ3v) is 10.7. The van der Waals surface area contributed by atoms with E-state index in [-0.39, 0.29) is 63.3 Å². The van der Waals surface area contributed by atoms with Crippen molar-refractivity contribution in [1.82, 2.24) is 14.7 Å². The van der Waals surface area contributed by atoms with E-state index in [9.17, 15) is 24.0 Å². The number of nitrogens with zero attached hydrogens (tertiary/aromatic N) is 4. The van der Waals surface area contributed by atoms with Gasteiger partial charge in [0.15, 0.2) is 0 Å². The lowest BCUT2D eigenvalue weighted by Crippen LogP contribution is -2.53. The van der Waals surface area contributed by atoms with Gasteiger partial charge in [-0.2, -0.15) is 0 Å². The molecule has 3 atom stereocenters. The van der Waals surface area contributed by atoms with Crippen LogP contribution in [-0.4, -0.2) is 147 Å². The molecule has 1 aliphatic heterocycles. The number of allylic oxidation sites excluding steroid dienone is 1. The van der Waals surface area contributed by atoms with Crippen molar-refractivity contribution in [1.29, 1.82) is 0 Å². The van der Waals surface area contributed by atoms with Crippen molar-refractivity contribution in [2.75, 3.05) is 78.8 Å². The van der Waals surface area contributed by atoms with Crippen LogP contribution in [0.25, 0.3) is 0 Å². The summed E-state index contributed by atoms with van der Waals surface area (Å²) in [4.78, 5) is 78.5. The van der Waals surface area contributed by atoms with Crippen molar-refractivity contribution in [2.24, 2.45) is 4.99 Å². The van der Waals surface area contributed by atoms with Crippen LogP contribution in [0.4, 0.5) is 0 Å². The molecule has 0 aromatic carbocycles. The molecule has 0 amide bonds. The van der Waals surface area contributed by atoms with E-state index in [1.54, 1.807) is 0 Å². The van der Waals surface area contributed by atoms with Crippen LogP contribution >= 0.6 is 0 Å². The Kier molecular flexibility index (Phi) is 33.0. The highest BCUT2D eigenvalue weighted by atomic mass is 16.5. The number of rotatable bonds is 31. The van der Waals surface area contributed by atoms with Crippen molar-refractivity contribution in [3.8, 4) is 0 Å². The van der Waals surface area contributed by atoms with Gasteiger partial charge in [-0.05, 0) is 63.9 Å². The molecule has 61 heavy (non-hydrogen) atoms. The molecule has 0 aromatic heterocycles. The van der Waals surface area contributed by atoms with E-state index >= 15 is 0 Å². The van der Waals surface area contributed by atoms with Gasteiger partial charge in [0, 0.05) is 57.8 Å². The number of hydrogen-bond donors (Lipinski definition) is 0. The SMILES string of the molecule is CCC/C=C\C1=N/CCN([C@@H](CCC(=O)OCCCC)C(=O)OCCCC)CCN(C(CC)C(=O)OCCCC)CCN([C@@H](CCC(=O)OCCCC)C(=O)OCCCC)C1. The van der Waals surface area contributed by atoms with Crippen LogP contribution in [0.15, 0.2) is 17.1 Å². The van der Waals surface area contributed by atoms with Gasteiger partial charge >= 0.3 is 29.8 Å². The monoisotopic (exact) mass is 865 g/mol. The molecule has 0 radical (unpaired) electrons. The summed E-state index contributed by atoms with van der Waals surface area (Å²) in [5, 5.41) is 0. The van der Waals surface area contributed by atoms with E-state index in [0.717, 1.165) is 82.8 Å². The molecule has 0 saturated carbocycles. The van der Waals surface area contributed by atoms with Crippen LogP contribution < -0.4 is 0 Å². The lowest BCUT2D eigenvalue weighted by Gasteiger charge is -2.37. The van der Waals surface area contributed by atoms with Gasteiger partial charge in [-0.1, -0.05) is 93.1 Å². The molecule has 0 spiro atoms. The van der Waals surface area contributed by atoms with E-state index in [4.69, 9.17) is 28.7 Å². The van der Waals surface area contributed by atoms with Crippen LogP contribution in [0, 0.1) is 0 Å². The third-order valence-electron chi connectivity index (χ3n) is 10.7. The summed E-state index contributed by atoms with van der Waals surface area (Å²) in [6.07, 6.45) is 15.0. The third kappa shape index (κ3) is 24.8. The highest BCUT2D eigenvalue weighted by Crippen LogP contribution is 2.18. The molecule has 0 N–H and O–H groups in total. The number of carbonyl (C=O) groups excluding carboxylic acids is 5. The van der Waals surface area contributed by atoms with Crippen LogP contribution in [0.3, 0.4) is 0 Å². The average Bonchev–Trinajstić information content (AvgIpc) is 3.24. The summed E-state index contributed by atoms with van der Waals surface area (Å²) >= 11 is 0. The Bertz CT molecular complexity index is 1280. The summed E-state index contributed by atoms with van der Waals surface area (Å²) in [5.41, 5.74) is 0.741. The first-order valence-electron chi connectivity index (χ1n) is 23.8. The van der Waals surface area contributed by atoms with Crippen LogP contribution in [-0.2, 0) is 47.7 Å². The first-order valence-corrected chi connectivity index (χ1v) is 23.8. The maximum Gasteiger partial charge on any atom is 0.323 e. The fourth-order valence-corrected chi connectivity index (χ4v) is 6.80. The molecule has 0 aliphatic carbocycles. The van der Waals surface area contributed by atoms with E-state index in [2.05, 4.69) is 17.9 Å². The van der Waals surface area contributed by atoms with Gasteiger partial charge in [0.05, 0.1) is 39.6 Å². The second kappa shape index (κ2) is 36.2. The van der Waals surface area contributed by atoms with E-state index in [0.29, 0.717) is 65.5 Å². The van der Waals surface area contributed by atoms with E-state index in [1.165, 1.54) is 0 Å². The second-order valence-electron chi connectivity index (χ2n) is 15.9. The lowest BCUT2D eigenvalue weighted by molar-refractivity contribution is -0.154. The smallest absolute Gasteiger partial charge is 0.323 e. The number of esters is 5. The Morgan fingerprint density at radius 1 is 0.525 bits per heavy atom. The average molecular weight is 865 g/mol. The zero-order valence-electron chi connectivity index (χ0n) is 39.3. The number of carbonyl (C=O) groups is 5. The minimum atomic E-state index is -0.766. The van der Waals surface area contributed by atoms with Crippen LogP contribution in [0.5, 0.6) is 0 Å². The summed E-state index contributed by atoms with van der Waals surface area (Å²) in [6, 6.07) is -2.09. The molecule has 0 saturated heterocycles. The van der Waals surface area contributed by atoms with Crippen molar-refractivity contribution in [2.45, 2.75) is 176 Å². The number of ether oxygens (including phenoxy) is 5. The fourth-order valence-electron chi connectivity index (χ4n) is 6.80. The zero-order valence-corrected chi connectivity index (χ0v) is 39.3. The van der Waals surface area contributed by atoms with Crippen molar-refractivity contribution in [3.05, 3.63) is 12.2 Å². The normalized spacial score (nSPS) is 17.3. The fraction of sp³-hybridized carbons (Fsp3) is 0.830. The van der Waals surface area contributed by atoms with Gasteiger partial charge in [-0.3, -0.25) is 43.7 Å². The predicted octanol–water partition coefficient (Wildman–Crippen LogP) is 7.50. The Morgan fingerprint density at radius 2 is 0.918 bits per heavy atom. The predicted molar refractivity (Wildman–Crippen MR) is 241 cm³/mol. The highest BCUT2D eigenvalue weighted by molar-refractivity contribution is 5.97. The molecule has 352 valence electrons. The number of aliphatic imine (C=N–C) groups is 1. The zero-order chi connectivity index (χ0) is 45.1. The van der Waals surface area contributed by atoms with Gasteiger partial charge in [-0.15, -0.1) is 0 Å². The summed E-state index contributed by atoms with van der Waals surface area (Å²) < 4.78 is 28.4. The largest absolute Gasteiger partial charge is 0.466 e. The topological polar surface area (TPSA) is 154 Å². The first kappa shape index (κ1) is 55.7. The Balaban J connectivity index is 3.80. The van der Waals surface area contributed by atoms with Gasteiger partial charge in [-0.25, -0.2) is 0 Å². The molecule has 1 unspecified atom stereocenters. The number of unbranched alkanes of at least 4 members (excludes halogenated alkanes) is 6. The van der Waals surface area contributed by atoms with Gasteiger partial charge < -0.3 is 23.7 Å². The minimum Gasteiger partial charge on any atom is -0.466 e. The van der Waals surface area contributed by atoms with Gasteiger partial charge in [0.25, 0.3) is 0 Å². The molecule has 0 bridgehead atoms. The van der Waals surface area contributed by atoms with Gasteiger partial charge in [0.2, 0.25) is 0 Å². The molecular weight excluding hydrogens is 781 g/mol. The van der Waals surface area contributed by atoms with E-state index < -0.39 is 30.1 Å². The number of hydrogen-bond acceptors (Lipinski definition) is 14. The maximum atomic E-state index is 14.0. The van der Waals surface area contributed by atoms with Crippen molar-refractivity contribution < 1.29 is 47.7 Å². The van der Waals surface area contributed by atoms with Gasteiger partial charge in [0.1, 0.15) is 18.1 Å². The van der Waals surface area contributed by atoms with Crippen molar-refractivity contribution >= 4 is 35.6 Å². The second-order valence-corrected chi connectivity index (χ2v) is 15.9. The molecule has 14 heteroatoms. The summed E-state index contributed by atoms with van der Waals surface area (Å²) in [7, 11) is 0. The Morgan fingerprint density at radius 3 is 1.34 bits per heavy atom. The molecular formula is C47H84N4O10. The summed E-state index contributed by atoms with van der Waals surface area (Å²) in [5.74, 6) is -1.82. The van der Waals surface area contributed by atoms with Crippen LogP contribution in [0.1, 0.15) is 158 Å². The molecule has 1 rings (SSSR count). The van der Waals surface area contributed by atoms with Crippen molar-refractivity contribution in [3.63, 3.8) is 0 Å². The molecule has 0 fully saturated rings. The first-order chi connectivity index (χ1) is 29.6. The molecule has 1 heterocycles. The molecule has 0 aromatic rings. The molecule has 14 nitrogen and oxygen atoms in total. The lowest BCUT2D eigenvalue weighted by atomic mass is 10.1. The van der Waals surface area contributed by atoms with E-state index in [1.807, 2.05) is 57.4 Å². The minimum absolute atomic E-state index is 0.0494. The Hall–Kier alpha value is -3.36. The standard InChI is InChI=1S/C47H84N4O10/c1-8-15-21-22-39-38-51(42(47(56)61-37-20-13-6)24-26-44(53)58-34-17-10-3)32-31-50(40(14-7)45(54)59-35-18-11-4)30-29-49(28-27-48-39)41(46(55)60-36-19-12-5)23-25-43(52)57-33-16-9-2/h21-22,40-42H,8-20,23-38H2,1-7H3/b22-21-,48-39+/t40?,41-,42-/m0/s1. The Labute approximate surface area is 368 Å². The summed E-state index contributed by atoms with van der Waals surface area (Å²) in [6.45, 7) is 18.3.